The molecule has 0 aliphatic heterocycles. The number of hydrogen-bond donors (Lipinski definition) is 7. The molecule has 0 spiro atoms. The SMILES string of the molecule is O=C(O)CCCCCCCCCCCCC(=O)NC(CCC(=O)NCCOCCOCC(=O)NCCOCCOCC(=O)NCCCCCC(=O)O)C(=O)O. The first kappa shape index (κ1) is 51.1. The smallest absolute Gasteiger partial charge is 0.326 e. The van der Waals surface area contributed by atoms with Gasteiger partial charge in [0.15, 0.2) is 0 Å². The summed E-state index contributed by atoms with van der Waals surface area (Å²) in [6, 6.07) is -1.15. The van der Waals surface area contributed by atoms with Crippen molar-refractivity contribution in [1.82, 2.24) is 21.3 Å². The van der Waals surface area contributed by atoms with E-state index in [9.17, 15) is 38.7 Å². The molecule has 55 heavy (non-hydrogen) atoms. The molecule has 0 heterocycles. The van der Waals surface area contributed by atoms with Crippen LogP contribution in [0.15, 0.2) is 0 Å². The molecule has 318 valence electrons. The van der Waals surface area contributed by atoms with Gasteiger partial charge < -0.3 is 55.5 Å². The van der Waals surface area contributed by atoms with E-state index in [2.05, 4.69) is 21.3 Å². The minimum absolute atomic E-state index is 0.0393. The van der Waals surface area contributed by atoms with Crippen molar-refractivity contribution in [3.63, 3.8) is 0 Å². The predicted octanol–water partition coefficient (Wildman–Crippen LogP) is 2.16. The second-order valence-electron chi connectivity index (χ2n) is 13.0. The van der Waals surface area contributed by atoms with Gasteiger partial charge in [0.05, 0.1) is 39.6 Å². The van der Waals surface area contributed by atoms with Gasteiger partial charge in [-0.2, -0.15) is 0 Å². The second kappa shape index (κ2) is 37.1. The lowest BCUT2D eigenvalue weighted by Gasteiger charge is -2.14. The Balaban J connectivity index is 3.65. The molecular weight excluding hydrogens is 724 g/mol. The van der Waals surface area contributed by atoms with Crippen molar-refractivity contribution < 1.29 is 67.8 Å². The van der Waals surface area contributed by atoms with Gasteiger partial charge in [0.2, 0.25) is 23.6 Å². The van der Waals surface area contributed by atoms with E-state index in [1.54, 1.807) is 0 Å². The van der Waals surface area contributed by atoms with Crippen molar-refractivity contribution in [3.8, 4) is 0 Å². The number of rotatable bonds is 40. The lowest BCUT2D eigenvalue weighted by atomic mass is 10.0. The van der Waals surface area contributed by atoms with Crippen LogP contribution >= 0.6 is 0 Å². The zero-order valence-corrected chi connectivity index (χ0v) is 32.4. The molecule has 18 nitrogen and oxygen atoms in total. The van der Waals surface area contributed by atoms with E-state index >= 15 is 0 Å². The topological polar surface area (TPSA) is 265 Å². The van der Waals surface area contributed by atoms with Crippen molar-refractivity contribution in [2.24, 2.45) is 0 Å². The molecule has 0 bridgehead atoms. The monoisotopic (exact) mass is 790 g/mol. The number of aliphatic carboxylic acids is 3. The normalized spacial score (nSPS) is 11.4. The van der Waals surface area contributed by atoms with Crippen LogP contribution < -0.4 is 21.3 Å². The summed E-state index contributed by atoms with van der Waals surface area (Å²) in [5.74, 6) is -4.08. The van der Waals surface area contributed by atoms with E-state index in [1.807, 2.05) is 0 Å². The lowest BCUT2D eigenvalue weighted by Crippen LogP contribution is -2.41. The molecule has 1 atom stereocenters. The first-order valence-corrected chi connectivity index (χ1v) is 19.6. The third-order valence-corrected chi connectivity index (χ3v) is 8.07. The summed E-state index contributed by atoms with van der Waals surface area (Å²) in [6.07, 6.45) is 12.1. The first-order chi connectivity index (χ1) is 26.5. The number of ether oxygens (including phenoxy) is 4. The van der Waals surface area contributed by atoms with Crippen LogP contribution in [0.2, 0.25) is 0 Å². The fourth-order valence-corrected chi connectivity index (χ4v) is 5.07. The minimum atomic E-state index is -1.20. The maximum atomic E-state index is 12.2. The molecule has 0 aromatic carbocycles. The van der Waals surface area contributed by atoms with Gasteiger partial charge in [-0.1, -0.05) is 57.8 Å². The molecule has 7 N–H and O–H groups in total. The Kier molecular flexibility index (Phi) is 34.5. The van der Waals surface area contributed by atoms with Crippen LogP contribution in [-0.4, -0.2) is 135 Å². The van der Waals surface area contributed by atoms with E-state index in [4.69, 9.17) is 29.2 Å². The Morgan fingerprint density at radius 1 is 0.400 bits per heavy atom. The number of carbonyl (C=O) groups excluding carboxylic acids is 4. The van der Waals surface area contributed by atoms with Crippen LogP contribution in [0.5, 0.6) is 0 Å². The van der Waals surface area contributed by atoms with E-state index in [1.165, 1.54) is 0 Å². The zero-order valence-electron chi connectivity index (χ0n) is 32.4. The summed E-state index contributed by atoms with van der Waals surface area (Å²) in [5, 5.41) is 37.1. The van der Waals surface area contributed by atoms with E-state index in [0.717, 1.165) is 64.2 Å². The van der Waals surface area contributed by atoms with Gasteiger partial charge in [0.1, 0.15) is 19.3 Å². The molecule has 0 saturated carbocycles. The number of carbonyl (C=O) groups is 7. The van der Waals surface area contributed by atoms with Crippen molar-refractivity contribution >= 4 is 41.5 Å². The number of unbranched alkanes of at least 4 members (excludes halogenated alkanes) is 11. The van der Waals surface area contributed by atoms with Gasteiger partial charge in [-0.3, -0.25) is 28.8 Å². The van der Waals surface area contributed by atoms with E-state index < -0.39 is 23.9 Å². The molecule has 0 aromatic rings. The lowest BCUT2D eigenvalue weighted by molar-refractivity contribution is -0.142. The van der Waals surface area contributed by atoms with Gasteiger partial charge in [0.25, 0.3) is 0 Å². The Morgan fingerprint density at radius 3 is 1.27 bits per heavy atom. The molecular formula is C37H66N4O14. The molecule has 0 aliphatic carbocycles. The quantitative estimate of drug-likeness (QED) is 0.0439. The molecule has 4 amide bonds. The molecule has 0 rings (SSSR count). The number of amides is 4. The molecule has 0 aromatic heterocycles. The van der Waals surface area contributed by atoms with E-state index in [-0.39, 0.29) is 122 Å². The van der Waals surface area contributed by atoms with Crippen molar-refractivity contribution in [2.45, 2.75) is 122 Å². The Bertz CT molecular complexity index is 1080. The molecule has 0 aliphatic rings. The molecule has 18 heteroatoms. The number of hydrogen-bond acceptors (Lipinski definition) is 11. The highest BCUT2D eigenvalue weighted by atomic mass is 16.5. The van der Waals surface area contributed by atoms with Gasteiger partial charge in [-0.25, -0.2) is 4.79 Å². The van der Waals surface area contributed by atoms with Gasteiger partial charge in [0, 0.05) is 45.3 Å². The second-order valence-corrected chi connectivity index (χ2v) is 13.0. The largest absolute Gasteiger partial charge is 0.481 e. The summed E-state index contributed by atoms with van der Waals surface area (Å²) in [5.41, 5.74) is 0. The summed E-state index contributed by atoms with van der Waals surface area (Å²) in [6.45, 7) is 1.92. The first-order valence-electron chi connectivity index (χ1n) is 19.6. The van der Waals surface area contributed by atoms with Crippen LogP contribution in [-0.2, 0) is 52.5 Å². The fraction of sp³-hybridized carbons (Fsp3) is 0.811. The molecule has 0 radical (unpaired) electrons. The van der Waals surface area contributed by atoms with E-state index in [0.29, 0.717) is 25.8 Å². The number of carboxylic acids is 3. The Morgan fingerprint density at radius 2 is 0.800 bits per heavy atom. The maximum Gasteiger partial charge on any atom is 0.326 e. The van der Waals surface area contributed by atoms with Crippen LogP contribution in [0.25, 0.3) is 0 Å². The van der Waals surface area contributed by atoms with Gasteiger partial charge >= 0.3 is 17.9 Å². The summed E-state index contributed by atoms with van der Waals surface area (Å²) in [7, 11) is 0. The third kappa shape index (κ3) is 38.2. The highest BCUT2D eigenvalue weighted by Crippen LogP contribution is 2.12. The fourth-order valence-electron chi connectivity index (χ4n) is 5.07. The average Bonchev–Trinajstić information content (AvgIpc) is 3.13. The summed E-state index contributed by atoms with van der Waals surface area (Å²) >= 11 is 0. The Labute approximate surface area is 324 Å². The number of carboxylic acid groups (broad SMARTS) is 3. The van der Waals surface area contributed by atoms with Crippen LogP contribution in [0.4, 0.5) is 0 Å². The Hall–Kier alpha value is -3.87. The molecule has 0 fully saturated rings. The van der Waals surface area contributed by atoms with Gasteiger partial charge in [-0.05, 0) is 32.1 Å². The van der Waals surface area contributed by atoms with Crippen LogP contribution in [0, 0.1) is 0 Å². The standard InChI is InChI=1S/C37H66N4O14/c42-31(18-17-30(37(50)51)41-32(43)14-10-7-5-3-1-2-4-6-8-11-15-35(46)47)39-20-22-52-24-27-55-29-34(45)40-21-23-53-25-26-54-28-33(44)38-19-13-9-12-16-36(48)49/h30H,1-29H2,(H,38,44)(H,39,42)(H,40,45)(H,41,43)(H,46,47)(H,48,49)(H,50,51). The highest BCUT2D eigenvalue weighted by Gasteiger charge is 2.20. The molecule has 0 saturated heterocycles. The zero-order chi connectivity index (χ0) is 40.8. The average molecular weight is 791 g/mol. The van der Waals surface area contributed by atoms with Crippen molar-refractivity contribution in [2.75, 3.05) is 72.5 Å². The number of nitrogens with one attached hydrogen (secondary N) is 4. The van der Waals surface area contributed by atoms with Crippen LogP contribution in [0.3, 0.4) is 0 Å². The van der Waals surface area contributed by atoms with Crippen LogP contribution in [0.1, 0.15) is 116 Å². The molecule has 1 unspecified atom stereocenters. The highest BCUT2D eigenvalue weighted by molar-refractivity contribution is 5.84. The van der Waals surface area contributed by atoms with Crippen molar-refractivity contribution in [1.29, 1.82) is 0 Å². The third-order valence-electron chi connectivity index (χ3n) is 8.07. The van der Waals surface area contributed by atoms with Crippen molar-refractivity contribution in [3.05, 3.63) is 0 Å². The summed E-state index contributed by atoms with van der Waals surface area (Å²) in [4.78, 5) is 80.4. The maximum absolute atomic E-state index is 12.2. The minimum Gasteiger partial charge on any atom is -0.481 e. The summed E-state index contributed by atoms with van der Waals surface area (Å²) < 4.78 is 21.2. The predicted molar refractivity (Wildman–Crippen MR) is 200 cm³/mol. The van der Waals surface area contributed by atoms with Gasteiger partial charge in [-0.15, -0.1) is 0 Å².